The van der Waals surface area contributed by atoms with E-state index in [9.17, 15) is 8.42 Å². The number of aryl methyl sites for hydroxylation is 2. The van der Waals surface area contributed by atoms with Crippen LogP contribution in [-0.2, 0) is 10.1 Å². The SMILES string of the molecule is Cc1cc(C)c(-c2ccccc2I)c(C)c1OS(C)(=O)=O. The fraction of sp³-hybridized carbons (Fsp3) is 0.250. The summed E-state index contributed by atoms with van der Waals surface area (Å²) >= 11 is 2.29. The maximum atomic E-state index is 11.5. The first kappa shape index (κ1) is 16.3. The van der Waals surface area contributed by atoms with Crippen LogP contribution in [0.4, 0.5) is 0 Å². The Morgan fingerprint density at radius 1 is 1.05 bits per heavy atom. The third kappa shape index (κ3) is 3.58. The van der Waals surface area contributed by atoms with E-state index >= 15 is 0 Å². The Morgan fingerprint density at radius 2 is 1.67 bits per heavy atom. The van der Waals surface area contributed by atoms with Crippen LogP contribution >= 0.6 is 22.6 Å². The van der Waals surface area contributed by atoms with Crippen molar-refractivity contribution in [2.45, 2.75) is 20.8 Å². The number of benzene rings is 2. The minimum absolute atomic E-state index is 0.428. The first-order chi connectivity index (χ1) is 9.70. The van der Waals surface area contributed by atoms with Crippen LogP contribution in [0.1, 0.15) is 16.7 Å². The van der Waals surface area contributed by atoms with Crippen molar-refractivity contribution in [1.29, 1.82) is 0 Å². The highest BCUT2D eigenvalue weighted by molar-refractivity contribution is 14.1. The van der Waals surface area contributed by atoms with Gasteiger partial charge in [-0.3, -0.25) is 0 Å². The summed E-state index contributed by atoms with van der Waals surface area (Å²) < 4.78 is 29.3. The normalized spacial score (nSPS) is 11.5. The molecule has 0 saturated heterocycles. The Hall–Kier alpha value is -1.08. The van der Waals surface area contributed by atoms with E-state index in [1.54, 1.807) is 0 Å². The Kier molecular flexibility index (Phi) is 4.63. The van der Waals surface area contributed by atoms with Gasteiger partial charge < -0.3 is 4.18 Å². The van der Waals surface area contributed by atoms with Crippen molar-refractivity contribution in [2.75, 3.05) is 6.26 Å². The fourth-order valence-electron chi connectivity index (χ4n) is 2.53. The fourth-order valence-corrected chi connectivity index (χ4v) is 3.74. The molecule has 0 saturated carbocycles. The van der Waals surface area contributed by atoms with Gasteiger partial charge in [0.1, 0.15) is 5.75 Å². The molecule has 5 heteroatoms. The molecule has 0 bridgehead atoms. The van der Waals surface area contributed by atoms with Gasteiger partial charge >= 0.3 is 10.1 Å². The van der Waals surface area contributed by atoms with E-state index in [-0.39, 0.29) is 0 Å². The quantitative estimate of drug-likeness (QED) is 0.556. The highest BCUT2D eigenvalue weighted by atomic mass is 127. The lowest BCUT2D eigenvalue weighted by Crippen LogP contribution is -2.09. The zero-order chi connectivity index (χ0) is 15.8. The van der Waals surface area contributed by atoms with Gasteiger partial charge in [0.25, 0.3) is 0 Å². The molecule has 112 valence electrons. The van der Waals surface area contributed by atoms with Gasteiger partial charge in [-0.25, -0.2) is 0 Å². The molecule has 0 atom stereocenters. The van der Waals surface area contributed by atoms with Gasteiger partial charge in [0, 0.05) is 9.13 Å². The lowest BCUT2D eigenvalue weighted by molar-refractivity contribution is 0.489. The van der Waals surface area contributed by atoms with Gasteiger partial charge in [-0.15, -0.1) is 0 Å². The number of hydrogen-bond acceptors (Lipinski definition) is 3. The molecule has 2 aromatic rings. The third-order valence-corrected chi connectivity index (χ3v) is 4.69. The summed E-state index contributed by atoms with van der Waals surface area (Å²) in [5.74, 6) is 0.428. The second-order valence-corrected chi connectivity index (χ2v) is 7.84. The van der Waals surface area contributed by atoms with Crippen LogP contribution in [-0.4, -0.2) is 14.7 Å². The first-order valence-electron chi connectivity index (χ1n) is 6.46. The molecule has 0 radical (unpaired) electrons. The zero-order valence-electron chi connectivity index (χ0n) is 12.4. The van der Waals surface area contributed by atoms with E-state index < -0.39 is 10.1 Å². The summed E-state index contributed by atoms with van der Waals surface area (Å²) in [6.07, 6.45) is 1.07. The van der Waals surface area contributed by atoms with Gasteiger partial charge in [0.2, 0.25) is 0 Å². The molecule has 3 nitrogen and oxygen atoms in total. The van der Waals surface area contributed by atoms with Crippen LogP contribution < -0.4 is 4.18 Å². The molecule has 0 spiro atoms. The number of halogens is 1. The third-order valence-electron chi connectivity index (χ3n) is 3.28. The van der Waals surface area contributed by atoms with Crippen LogP contribution in [0.2, 0.25) is 0 Å². The average molecular weight is 416 g/mol. The second kappa shape index (κ2) is 5.96. The van der Waals surface area contributed by atoms with E-state index in [0.717, 1.165) is 37.6 Å². The lowest BCUT2D eigenvalue weighted by atomic mass is 9.93. The molecule has 0 N–H and O–H groups in total. The predicted molar refractivity (Wildman–Crippen MR) is 94.3 cm³/mol. The molecule has 0 unspecified atom stereocenters. The monoisotopic (exact) mass is 416 g/mol. The van der Waals surface area contributed by atoms with Crippen molar-refractivity contribution >= 4 is 32.7 Å². The first-order valence-corrected chi connectivity index (χ1v) is 9.35. The van der Waals surface area contributed by atoms with Crippen molar-refractivity contribution in [3.8, 4) is 16.9 Å². The van der Waals surface area contributed by atoms with E-state index in [2.05, 4.69) is 22.6 Å². The topological polar surface area (TPSA) is 43.4 Å². The van der Waals surface area contributed by atoms with Crippen LogP contribution in [0.25, 0.3) is 11.1 Å². The predicted octanol–water partition coefficient (Wildman–Crippen LogP) is 4.22. The van der Waals surface area contributed by atoms with E-state index in [1.165, 1.54) is 0 Å². The zero-order valence-corrected chi connectivity index (χ0v) is 15.4. The summed E-state index contributed by atoms with van der Waals surface area (Å²) in [6, 6.07) is 10.00. The minimum Gasteiger partial charge on any atom is -0.382 e. The maximum absolute atomic E-state index is 11.5. The number of rotatable bonds is 3. The molecule has 0 aliphatic rings. The standard InChI is InChI=1S/C16H17IO3S/c1-10-9-11(2)16(20-21(4,18)19)12(3)15(10)13-7-5-6-8-14(13)17/h5-9H,1-4H3. The van der Waals surface area contributed by atoms with Gasteiger partial charge in [-0.2, -0.15) is 8.42 Å². The summed E-state index contributed by atoms with van der Waals surface area (Å²) in [7, 11) is -3.55. The second-order valence-electron chi connectivity index (χ2n) is 5.11. The molecule has 21 heavy (non-hydrogen) atoms. The van der Waals surface area contributed by atoms with Crippen molar-refractivity contribution in [3.05, 3.63) is 50.6 Å². The van der Waals surface area contributed by atoms with Crippen LogP contribution in [0.3, 0.4) is 0 Å². The van der Waals surface area contributed by atoms with Crippen molar-refractivity contribution in [3.63, 3.8) is 0 Å². The van der Waals surface area contributed by atoms with E-state index in [0.29, 0.717) is 5.75 Å². The van der Waals surface area contributed by atoms with Gasteiger partial charge in [0.05, 0.1) is 6.26 Å². The van der Waals surface area contributed by atoms with E-state index in [4.69, 9.17) is 4.18 Å². The Balaban J connectivity index is 2.74. The van der Waals surface area contributed by atoms with Gasteiger partial charge in [-0.1, -0.05) is 24.3 Å². The highest BCUT2D eigenvalue weighted by Crippen LogP contribution is 2.38. The van der Waals surface area contributed by atoms with Gasteiger partial charge in [-0.05, 0) is 71.7 Å². The molecule has 0 heterocycles. The molecule has 0 amide bonds. The Labute approximate surface area is 139 Å². The Bertz CT molecular complexity index is 795. The molecular weight excluding hydrogens is 399 g/mol. The van der Waals surface area contributed by atoms with Crippen molar-refractivity contribution in [1.82, 2.24) is 0 Å². The average Bonchev–Trinajstić information content (AvgIpc) is 2.35. The number of hydrogen-bond donors (Lipinski definition) is 0. The maximum Gasteiger partial charge on any atom is 0.306 e. The summed E-state index contributed by atoms with van der Waals surface area (Å²) in [5, 5.41) is 0. The molecule has 0 aliphatic heterocycles. The van der Waals surface area contributed by atoms with Crippen molar-refractivity contribution < 1.29 is 12.6 Å². The summed E-state index contributed by atoms with van der Waals surface area (Å²) in [5.41, 5.74) is 4.90. The van der Waals surface area contributed by atoms with Crippen LogP contribution in [0, 0.1) is 24.3 Å². The minimum atomic E-state index is -3.55. The molecule has 0 aliphatic carbocycles. The van der Waals surface area contributed by atoms with E-state index in [1.807, 2.05) is 51.1 Å². The highest BCUT2D eigenvalue weighted by Gasteiger charge is 2.18. The van der Waals surface area contributed by atoms with Gasteiger partial charge in [0.15, 0.2) is 0 Å². The molecule has 0 fully saturated rings. The largest absolute Gasteiger partial charge is 0.382 e. The molecular formula is C16H17IO3S. The van der Waals surface area contributed by atoms with Crippen molar-refractivity contribution in [2.24, 2.45) is 0 Å². The molecule has 0 aromatic heterocycles. The molecule has 2 aromatic carbocycles. The lowest BCUT2D eigenvalue weighted by Gasteiger charge is -2.18. The summed E-state index contributed by atoms with van der Waals surface area (Å²) in [4.78, 5) is 0. The smallest absolute Gasteiger partial charge is 0.306 e. The molecule has 2 rings (SSSR count). The Morgan fingerprint density at radius 3 is 2.24 bits per heavy atom. The van der Waals surface area contributed by atoms with Crippen LogP contribution in [0.15, 0.2) is 30.3 Å². The summed E-state index contributed by atoms with van der Waals surface area (Å²) in [6.45, 7) is 5.79. The van der Waals surface area contributed by atoms with Crippen LogP contribution in [0.5, 0.6) is 5.75 Å².